The number of rotatable bonds is 7. The molecule has 174 valence electrons. The predicted octanol–water partition coefficient (Wildman–Crippen LogP) is 3.91. The molecule has 0 saturated carbocycles. The number of pyridine rings is 1. The second-order valence-electron chi connectivity index (χ2n) is 8.55. The van der Waals surface area contributed by atoms with Crippen LogP contribution >= 0.6 is 11.6 Å². The molecule has 3 aromatic rings. The molecular weight excluding hydrogens is 442 g/mol. The van der Waals surface area contributed by atoms with Crippen LogP contribution < -0.4 is 19.5 Å². The first-order valence-corrected chi connectivity index (χ1v) is 11.6. The van der Waals surface area contributed by atoms with Gasteiger partial charge in [0.15, 0.2) is 11.5 Å². The largest absolute Gasteiger partial charge is 0.497 e. The molecule has 8 heteroatoms. The molecule has 2 N–H and O–H groups in total. The average molecular weight is 470 g/mol. The van der Waals surface area contributed by atoms with E-state index in [1.54, 1.807) is 13.3 Å². The fourth-order valence-corrected chi connectivity index (χ4v) is 4.80. The van der Waals surface area contributed by atoms with Crippen molar-refractivity contribution in [3.05, 3.63) is 58.7 Å². The molecule has 1 fully saturated rings. The van der Waals surface area contributed by atoms with Gasteiger partial charge in [0.2, 0.25) is 6.79 Å². The standard InChI is InChI=1S/C25H28ClN3O4/c1-31-18-2-3-22-20(11-18)19(4-7-27-22)23(30)14-29-8-5-17(6-9-29)28-13-16-10-24-25(12-21(16)26)33-15-32-24/h2-4,7,10-12,17,23,28,30H,5-6,8-9,13-15H2,1H3. The maximum Gasteiger partial charge on any atom is 0.231 e. The van der Waals surface area contributed by atoms with Crippen molar-refractivity contribution in [2.24, 2.45) is 0 Å². The Morgan fingerprint density at radius 1 is 1.18 bits per heavy atom. The summed E-state index contributed by atoms with van der Waals surface area (Å²) in [4.78, 5) is 6.74. The second kappa shape index (κ2) is 9.73. The summed E-state index contributed by atoms with van der Waals surface area (Å²) in [5, 5.41) is 16.2. The van der Waals surface area contributed by atoms with Gasteiger partial charge in [-0.05, 0) is 67.4 Å². The van der Waals surface area contributed by atoms with Crippen LogP contribution in [-0.4, -0.2) is 54.6 Å². The SMILES string of the molecule is COc1ccc2nccc(C(O)CN3CCC(NCc4cc5c(cc4Cl)OCO5)CC3)c2c1. The molecule has 0 bridgehead atoms. The number of hydrogen-bond acceptors (Lipinski definition) is 7. The molecule has 7 nitrogen and oxygen atoms in total. The molecule has 1 aromatic heterocycles. The zero-order valence-electron chi connectivity index (χ0n) is 18.6. The number of aliphatic hydroxyl groups is 1. The monoisotopic (exact) mass is 469 g/mol. The summed E-state index contributed by atoms with van der Waals surface area (Å²) in [6.07, 6.45) is 3.20. The van der Waals surface area contributed by atoms with E-state index in [9.17, 15) is 5.11 Å². The van der Waals surface area contributed by atoms with Crippen molar-refractivity contribution in [2.45, 2.75) is 31.5 Å². The van der Waals surface area contributed by atoms with Gasteiger partial charge in [0.05, 0.1) is 18.7 Å². The third kappa shape index (κ3) is 4.87. The number of methoxy groups -OCH3 is 1. The highest BCUT2D eigenvalue weighted by molar-refractivity contribution is 6.31. The van der Waals surface area contributed by atoms with E-state index in [4.69, 9.17) is 25.8 Å². The Balaban J connectivity index is 1.16. The number of hydrogen-bond donors (Lipinski definition) is 2. The van der Waals surface area contributed by atoms with Crippen molar-refractivity contribution < 1.29 is 19.3 Å². The zero-order valence-corrected chi connectivity index (χ0v) is 19.3. The molecule has 1 saturated heterocycles. The Kier molecular flexibility index (Phi) is 6.55. The molecule has 5 rings (SSSR count). The smallest absolute Gasteiger partial charge is 0.231 e. The highest BCUT2D eigenvalue weighted by Gasteiger charge is 2.23. The van der Waals surface area contributed by atoms with Crippen LogP contribution in [0.2, 0.25) is 5.02 Å². The molecule has 0 amide bonds. The van der Waals surface area contributed by atoms with E-state index in [-0.39, 0.29) is 6.79 Å². The Hall–Kier alpha value is -2.58. The zero-order chi connectivity index (χ0) is 22.8. The van der Waals surface area contributed by atoms with Gasteiger partial charge in [-0.3, -0.25) is 4.98 Å². The molecule has 2 aliphatic rings. The van der Waals surface area contributed by atoms with Gasteiger partial charge < -0.3 is 29.5 Å². The summed E-state index contributed by atoms with van der Waals surface area (Å²) >= 11 is 6.40. The van der Waals surface area contributed by atoms with Crippen LogP contribution in [0, 0.1) is 0 Å². The number of likely N-dealkylation sites (tertiary alicyclic amines) is 1. The molecule has 0 spiro atoms. The summed E-state index contributed by atoms with van der Waals surface area (Å²) in [5.41, 5.74) is 2.76. The Bertz CT molecular complexity index is 1130. The molecule has 2 aromatic carbocycles. The van der Waals surface area contributed by atoms with Crippen LogP contribution in [0.1, 0.15) is 30.1 Å². The van der Waals surface area contributed by atoms with Crippen molar-refractivity contribution in [3.8, 4) is 17.2 Å². The number of piperidine rings is 1. The maximum atomic E-state index is 11.0. The van der Waals surface area contributed by atoms with Crippen LogP contribution in [0.15, 0.2) is 42.6 Å². The van der Waals surface area contributed by atoms with Crippen LogP contribution in [-0.2, 0) is 6.54 Å². The minimum Gasteiger partial charge on any atom is -0.497 e. The van der Waals surface area contributed by atoms with Crippen molar-refractivity contribution in [1.82, 2.24) is 15.2 Å². The van der Waals surface area contributed by atoms with Crippen molar-refractivity contribution in [3.63, 3.8) is 0 Å². The first-order chi connectivity index (χ1) is 16.1. The van der Waals surface area contributed by atoms with E-state index in [0.29, 0.717) is 29.9 Å². The number of benzene rings is 2. The number of nitrogens with one attached hydrogen (secondary N) is 1. The topological polar surface area (TPSA) is 76.1 Å². The quantitative estimate of drug-likeness (QED) is 0.543. The maximum absolute atomic E-state index is 11.0. The van der Waals surface area contributed by atoms with Crippen LogP contribution in [0.25, 0.3) is 10.9 Å². The Morgan fingerprint density at radius 3 is 2.76 bits per heavy atom. The van der Waals surface area contributed by atoms with E-state index in [0.717, 1.165) is 59.5 Å². The van der Waals surface area contributed by atoms with Crippen LogP contribution in [0.5, 0.6) is 17.2 Å². The average Bonchev–Trinajstić information content (AvgIpc) is 3.29. The minimum absolute atomic E-state index is 0.246. The lowest BCUT2D eigenvalue weighted by Gasteiger charge is -2.34. The molecule has 1 atom stereocenters. The van der Waals surface area contributed by atoms with Crippen molar-refractivity contribution in [1.29, 1.82) is 0 Å². The van der Waals surface area contributed by atoms with Crippen LogP contribution in [0.4, 0.5) is 0 Å². The number of β-amino-alcohol motifs (C(OH)–C–C–N with tert-alkyl or cyclic N) is 1. The number of ether oxygens (including phenoxy) is 3. The normalized spacial score (nSPS) is 17.4. The van der Waals surface area contributed by atoms with Gasteiger partial charge in [0, 0.05) is 41.8 Å². The fourth-order valence-electron chi connectivity index (χ4n) is 4.58. The van der Waals surface area contributed by atoms with Gasteiger partial charge in [-0.2, -0.15) is 0 Å². The Morgan fingerprint density at radius 2 is 1.97 bits per heavy atom. The van der Waals surface area contributed by atoms with Crippen molar-refractivity contribution in [2.75, 3.05) is 33.5 Å². The van der Waals surface area contributed by atoms with E-state index in [2.05, 4.69) is 15.2 Å². The number of aromatic nitrogens is 1. The molecule has 0 aliphatic carbocycles. The summed E-state index contributed by atoms with van der Waals surface area (Å²) in [6, 6.07) is 11.8. The van der Waals surface area contributed by atoms with Gasteiger partial charge in [-0.15, -0.1) is 0 Å². The van der Waals surface area contributed by atoms with Gasteiger partial charge in [0.25, 0.3) is 0 Å². The summed E-state index contributed by atoms with van der Waals surface area (Å²) in [5.74, 6) is 2.22. The second-order valence-corrected chi connectivity index (χ2v) is 8.96. The Labute approximate surface area is 198 Å². The van der Waals surface area contributed by atoms with Gasteiger partial charge in [0.1, 0.15) is 5.75 Å². The third-order valence-corrected chi connectivity index (χ3v) is 6.83. The van der Waals surface area contributed by atoms with E-state index >= 15 is 0 Å². The molecular formula is C25H28ClN3O4. The van der Waals surface area contributed by atoms with Gasteiger partial charge in [-0.25, -0.2) is 0 Å². The summed E-state index contributed by atoms with van der Waals surface area (Å²) in [6.45, 7) is 3.38. The molecule has 0 radical (unpaired) electrons. The fraction of sp³-hybridized carbons (Fsp3) is 0.400. The van der Waals surface area contributed by atoms with Gasteiger partial charge >= 0.3 is 0 Å². The number of halogens is 1. The van der Waals surface area contributed by atoms with E-state index in [1.165, 1.54) is 0 Å². The van der Waals surface area contributed by atoms with Crippen molar-refractivity contribution >= 4 is 22.5 Å². The highest BCUT2D eigenvalue weighted by Crippen LogP contribution is 2.37. The lowest BCUT2D eigenvalue weighted by Crippen LogP contribution is -2.43. The van der Waals surface area contributed by atoms with Gasteiger partial charge in [-0.1, -0.05) is 11.6 Å². The number of aliphatic hydroxyl groups excluding tert-OH is 1. The van der Waals surface area contributed by atoms with E-state index in [1.807, 2.05) is 36.4 Å². The summed E-state index contributed by atoms with van der Waals surface area (Å²) < 4.78 is 16.2. The summed E-state index contributed by atoms with van der Waals surface area (Å²) in [7, 11) is 1.65. The number of fused-ring (bicyclic) bond motifs is 2. The molecule has 3 heterocycles. The molecule has 2 aliphatic heterocycles. The lowest BCUT2D eigenvalue weighted by molar-refractivity contribution is 0.0949. The minimum atomic E-state index is -0.584. The van der Waals surface area contributed by atoms with Crippen LogP contribution in [0.3, 0.4) is 0 Å². The predicted molar refractivity (Wildman–Crippen MR) is 127 cm³/mol. The first-order valence-electron chi connectivity index (χ1n) is 11.2. The molecule has 1 unspecified atom stereocenters. The number of nitrogens with zero attached hydrogens (tertiary/aromatic N) is 2. The first kappa shape index (κ1) is 22.2. The lowest BCUT2D eigenvalue weighted by atomic mass is 10.0. The third-order valence-electron chi connectivity index (χ3n) is 6.48. The van der Waals surface area contributed by atoms with E-state index < -0.39 is 6.10 Å². The molecule has 33 heavy (non-hydrogen) atoms. The highest BCUT2D eigenvalue weighted by atomic mass is 35.5.